The summed E-state index contributed by atoms with van der Waals surface area (Å²) in [6.45, 7) is 4.62. The van der Waals surface area contributed by atoms with Gasteiger partial charge in [0.15, 0.2) is 18.1 Å². The van der Waals surface area contributed by atoms with Crippen molar-refractivity contribution in [1.29, 1.82) is 0 Å². The van der Waals surface area contributed by atoms with E-state index in [1.807, 2.05) is 19.1 Å². The Morgan fingerprint density at radius 1 is 1.46 bits per heavy atom. The summed E-state index contributed by atoms with van der Waals surface area (Å²) in [4.78, 5) is 10.9. The van der Waals surface area contributed by atoms with Gasteiger partial charge in [0.1, 0.15) is 0 Å². The van der Waals surface area contributed by atoms with Crippen molar-refractivity contribution in [2.45, 2.75) is 32.4 Å². The van der Waals surface area contributed by atoms with E-state index in [0.29, 0.717) is 30.8 Å². The van der Waals surface area contributed by atoms with Crippen molar-refractivity contribution in [3.05, 3.63) is 22.2 Å². The summed E-state index contributed by atoms with van der Waals surface area (Å²) in [7, 11) is 0. The summed E-state index contributed by atoms with van der Waals surface area (Å²) in [5, 5.41) is 3.39. The Labute approximate surface area is 156 Å². The van der Waals surface area contributed by atoms with Crippen molar-refractivity contribution in [1.82, 2.24) is 5.32 Å². The van der Waals surface area contributed by atoms with Crippen LogP contribution in [0.5, 0.6) is 11.5 Å². The molecule has 1 unspecified atom stereocenters. The van der Waals surface area contributed by atoms with E-state index >= 15 is 0 Å². The maximum atomic E-state index is 10.9. The zero-order chi connectivity index (χ0) is 16.7. The second kappa shape index (κ2) is 10.8. The Morgan fingerprint density at radius 2 is 2.25 bits per heavy atom. The van der Waals surface area contributed by atoms with Crippen LogP contribution in [0.25, 0.3) is 0 Å². The molecule has 0 radical (unpaired) electrons. The number of benzene rings is 1. The first kappa shape index (κ1) is 21.0. The molecule has 1 fully saturated rings. The fourth-order valence-electron chi connectivity index (χ4n) is 2.45. The molecule has 1 aliphatic heterocycles. The van der Waals surface area contributed by atoms with E-state index in [1.165, 1.54) is 0 Å². The number of rotatable bonds is 9. The van der Waals surface area contributed by atoms with Gasteiger partial charge in [0, 0.05) is 19.7 Å². The van der Waals surface area contributed by atoms with Gasteiger partial charge in [-0.15, -0.1) is 0 Å². The summed E-state index contributed by atoms with van der Waals surface area (Å²) in [6.07, 6.45) is 2.56. The molecule has 1 aliphatic rings. The number of nitrogens with one attached hydrogen (secondary N) is 1. The lowest BCUT2D eigenvalue weighted by Gasteiger charge is -2.16. The molecule has 6 nitrogen and oxygen atoms in total. The third-order valence-corrected chi connectivity index (χ3v) is 4.04. The summed E-state index contributed by atoms with van der Waals surface area (Å²) in [6, 6.07) is 3.86. The van der Waals surface area contributed by atoms with Crippen LogP contribution in [0.2, 0.25) is 0 Å². The summed E-state index contributed by atoms with van der Waals surface area (Å²) < 4.78 is 17.4. The minimum absolute atomic E-state index is 0. The van der Waals surface area contributed by atoms with Gasteiger partial charge in [-0.05, 0) is 53.4 Å². The third kappa shape index (κ3) is 6.47. The SMILES string of the molecule is CCOc1cc(CNCC2CCCO2)cc(Br)c1OCC(N)=O.[Cl-]. The zero-order valence-electron chi connectivity index (χ0n) is 13.6. The lowest BCUT2D eigenvalue weighted by molar-refractivity contribution is -0.120. The monoisotopic (exact) mass is 421 g/mol. The number of carbonyl (C=O) groups excluding carboxylic acids is 1. The van der Waals surface area contributed by atoms with Gasteiger partial charge in [-0.1, -0.05) is 0 Å². The van der Waals surface area contributed by atoms with Crippen LogP contribution in [0, 0.1) is 0 Å². The quantitative estimate of drug-likeness (QED) is 0.533. The first-order valence-electron chi connectivity index (χ1n) is 7.78. The predicted molar refractivity (Wildman–Crippen MR) is 90.7 cm³/mol. The average Bonchev–Trinajstić information content (AvgIpc) is 3.00. The van der Waals surface area contributed by atoms with E-state index in [2.05, 4.69) is 21.2 Å². The van der Waals surface area contributed by atoms with Crippen LogP contribution in [0.4, 0.5) is 0 Å². The van der Waals surface area contributed by atoms with Gasteiger partial charge in [-0.2, -0.15) is 0 Å². The number of hydrogen-bond donors (Lipinski definition) is 2. The minimum Gasteiger partial charge on any atom is -1.00 e. The van der Waals surface area contributed by atoms with Crippen molar-refractivity contribution in [3.8, 4) is 11.5 Å². The molecule has 2 rings (SSSR count). The molecule has 0 aliphatic carbocycles. The highest BCUT2D eigenvalue weighted by Crippen LogP contribution is 2.37. The van der Waals surface area contributed by atoms with E-state index in [-0.39, 0.29) is 19.0 Å². The molecule has 1 amide bonds. The van der Waals surface area contributed by atoms with Gasteiger partial charge < -0.3 is 37.7 Å². The fraction of sp³-hybridized carbons (Fsp3) is 0.562. The molecular formula is C16H23BrClN2O4-. The summed E-state index contributed by atoms with van der Waals surface area (Å²) in [5.41, 5.74) is 6.19. The largest absolute Gasteiger partial charge is 1.00 e. The van der Waals surface area contributed by atoms with Crippen molar-refractivity contribution in [2.75, 3.05) is 26.4 Å². The van der Waals surface area contributed by atoms with Crippen LogP contribution >= 0.6 is 15.9 Å². The van der Waals surface area contributed by atoms with Gasteiger partial charge in [-0.3, -0.25) is 4.79 Å². The summed E-state index contributed by atoms with van der Waals surface area (Å²) >= 11 is 3.47. The van der Waals surface area contributed by atoms with Crippen LogP contribution in [-0.2, 0) is 16.1 Å². The Balaban J connectivity index is 0.00000288. The van der Waals surface area contributed by atoms with Gasteiger partial charge in [0.25, 0.3) is 5.91 Å². The number of carbonyl (C=O) groups is 1. The standard InChI is InChI=1S/C16H23BrN2O4.ClH/c1-2-21-14-7-11(8-19-9-12-4-3-5-22-12)6-13(17)16(14)23-10-15(18)20;/h6-7,12,19H,2-5,8-10H2,1H3,(H2,18,20);1H/p-1. The second-order valence-electron chi connectivity index (χ2n) is 5.36. The van der Waals surface area contributed by atoms with Gasteiger partial charge in [-0.25, -0.2) is 0 Å². The number of ether oxygens (including phenoxy) is 3. The molecule has 8 heteroatoms. The topological polar surface area (TPSA) is 82.8 Å². The molecule has 0 bridgehead atoms. The fourth-order valence-corrected chi connectivity index (χ4v) is 3.06. The van der Waals surface area contributed by atoms with E-state index in [9.17, 15) is 4.79 Å². The number of halogens is 2. The highest BCUT2D eigenvalue weighted by molar-refractivity contribution is 9.10. The molecule has 3 N–H and O–H groups in total. The molecule has 0 aromatic heterocycles. The first-order valence-corrected chi connectivity index (χ1v) is 8.58. The third-order valence-electron chi connectivity index (χ3n) is 3.45. The Morgan fingerprint density at radius 3 is 2.88 bits per heavy atom. The van der Waals surface area contributed by atoms with E-state index < -0.39 is 5.91 Å². The van der Waals surface area contributed by atoms with Crippen LogP contribution in [0.15, 0.2) is 16.6 Å². The molecule has 0 saturated carbocycles. The maximum Gasteiger partial charge on any atom is 0.255 e. The predicted octanol–water partition coefficient (Wildman–Crippen LogP) is -1.02. The molecule has 1 saturated heterocycles. The molecule has 24 heavy (non-hydrogen) atoms. The molecule has 1 aromatic carbocycles. The lowest BCUT2D eigenvalue weighted by Crippen LogP contribution is -3.00. The highest BCUT2D eigenvalue weighted by atomic mass is 79.9. The molecule has 1 aromatic rings. The average molecular weight is 423 g/mol. The molecule has 1 atom stereocenters. The minimum atomic E-state index is -0.526. The van der Waals surface area contributed by atoms with Crippen LogP contribution < -0.4 is 32.9 Å². The first-order chi connectivity index (χ1) is 11.1. The normalized spacial score (nSPS) is 16.5. The Hall–Kier alpha value is -1.02. The van der Waals surface area contributed by atoms with E-state index in [4.69, 9.17) is 19.9 Å². The second-order valence-corrected chi connectivity index (χ2v) is 6.21. The van der Waals surface area contributed by atoms with E-state index in [1.54, 1.807) is 0 Å². The van der Waals surface area contributed by atoms with Crippen molar-refractivity contribution >= 4 is 21.8 Å². The lowest BCUT2D eigenvalue weighted by atomic mass is 10.2. The van der Waals surface area contributed by atoms with Gasteiger partial charge in [0.05, 0.1) is 17.2 Å². The van der Waals surface area contributed by atoms with Gasteiger partial charge in [0.2, 0.25) is 0 Å². The summed E-state index contributed by atoms with van der Waals surface area (Å²) in [5.74, 6) is 0.562. The number of nitrogens with two attached hydrogens (primary N) is 1. The number of amides is 1. The molecule has 1 heterocycles. The van der Waals surface area contributed by atoms with Crippen molar-refractivity contribution in [3.63, 3.8) is 0 Å². The number of primary amides is 1. The zero-order valence-corrected chi connectivity index (χ0v) is 16.0. The molecule has 0 spiro atoms. The van der Waals surface area contributed by atoms with Crippen LogP contribution in [-0.4, -0.2) is 38.4 Å². The Bertz CT molecular complexity index is 539. The van der Waals surface area contributed by atoms with Crippen molar-refractivity contribution < 1.29 is 31.4 Å². The van der Waals surface area contributed by atoms with E-state index in [0.717, 1.165) is 36.0 Å². The number of hydrogen-bond acceptors (Lipinski definition) is 5. The molecular weight excluding hydrogens is 400 g/mol. The van der Waals surface area contributed by atoms with Gasteiger partial charge >= 0.3 is 0 Å². The Kier molecular flexibility index (Phi) is 9.43. The van der Waals surface area contributed by atoms with Crippen LogP contribution in [0.3, 0.4) is 0 Å². The van der Waals surface area contributed by atoms with Crippen molar-refractivity contribution in [2.24, 2.45) is 5.73 Å². The highest BCUT2D eigenvalue weighted by Gasteiger charge is 2.16. The maximum absolute atomic E-state index is 10.9. The van der Waals surface area contributed by atoms with Crippen LogP contribution in [0.1, 0.15) is 25.3 Å². The smallest absolute Gasteiger partial charge is 0.255 e. The molecule has 136 valence electrons.